The van der Waals surface area contributed by atoms with Gasteiger partial charge in [0.25, 0.3) is 0 Å². The zero-order valence-corrected chi connectivity index (χ0v) is 15.0. The van der Waals surface area contributed by atoms with Crippen molar-refractivity contribution in [2.24, 2.45) is 34.0 Å². The highest BCUT2D eigenvalue weighted by Crippen LogP contribution is 2.69. The van der Waals surface area contributed by atoms with E-state index in [0.717, 1.165) is 24.2 Å². The van der Waals surface area contributed by atoms with Crippen LogP contribution < -0.4 is 0 Å². The van der Waals surface area contributed by atoms with Crippen LogP contribution in [-0.2, 0) is 0 Å². The van der Waals surface area contributed by atoms with Gasteiger partial charge in [-0.3, -0.25) is 0 Å². The number of allylic oxidation sites excluding steroid dienone is 2. The van der Waals surface area contributed by atoms with E-state index in [1.54, 1.807) is 5.57 Å². The first-order valence-corrected chi connectivity index (χ1v) is 9.64. The highest BCUT2D eigenvalue weighted by molar-refractivity contribution is 5.19. The fourth-order valence-corrected chi connectivity index (χ4v) is 7.43. The Bertz CT molecular complexity index is 508. The lowest BCUT2D eigenvalue weighted by Crippen LogP contribution is -2.56. The lowest BCUT2D eigenvalue weighted by atomic mass is 9.41. The third-order valence-corrected chi connectivity index (χ3v) is 9.16. The van der Waals surface area contributed by atoms with Crippen LogP contribution >= 0.6 is 0 Å². The molecule has 22 heavy (non-hydrogen) atoms. The second kappa shape index (κ2) is 4.62. The summed E-state index contributed by atoms with van der Waals surface area (Å²) < 4.78 is 0. The van der Waals surface area contributed by atoms with Gasteiger partial charge in [0.05, 0.1) is 6.10 Å². The van der Waals surface area contributed by atoms with Crippen LogP contribution in [0, 0.1) is 34.0 Å². The molecule has 124 valence electrons. The minimum absolute atomic E-state index is 0.0342. The molecular formula is C21H34O. The van der Waals surface area contributed by atoms with Gasteiger partial charge < -0.3 is 5.11 Å². The summed E-state index contributed by atoms with van der Waals surface area (Å²) in [6.07, 6.45) is 12.9. The Balaban J connectivity index is 1.70. The van der Waals surface area contributed by atoms with Gasteiger partial charge in [-0.1, -0.05) is 32.4 Å². The van der Waals surface area contributed by atoms with Gasteiger partial charge in [-0.25, -0.2) is 0 Å². The van der Waals surface area contributed by atoms with E-state index in [2.05, 4.69) is 33.8 Å². The van der Waals surface area contributed by atoms with Crippen molar-refractivity contribution in [2.75, 3.05) is 0 Å². The maximum Gasteiger partial charge on any atom is 0.0596 e. The third kappa shape index (κ3) is 1.75. The molecule has 0 radical (unpaired) electrons. The molecule has 7 atom stereocenters. The molecular weight excluding hydrogens is 268 g/mol. The summed E-state index contributed by atoms with van der Waals surface area (Å²) in [5, 5.41) is 10.5. The Morgan fingerprint density at radius 2 is 1.77 bits per heavy atom. The van der Waals surface area contributed by atoms with Crippen molar-refractivity contribution in [3.63, 3.8) is 0 Å². The van der Waals surface area contributed by atoms with E-state index in [0.29, 0.717) is 10.8 Å². The minimum Gasteiger partial charge on any atom is -0.393 e. The molecule has 0 aliphatic heterocycles. The summed E-state index contributed by atoms with van der Waals surface area (Å²) in [6, 6.07) is 0. The Morgan fingerprint density at radius 1 is 1.00 bits per heavy atom. The van der Waals surface area contributed by atoms with E-state index in [1.807, 2.05) is 0 Å². The van der Waals surface area contributed by atoms with Crippen molar-refractivity contribution < 1.29 is 5.11 Å². The van der Waals surface area contributed by atoms with Gasteiger partial charge in [-0.05, 0) is 92.3 Å². The van der Waals surface area contributed by atoms with E-state index in [1.165, 1.54) is 44.9 Å². The second-order valence-corrected chi connectivity index (χ2v) is 9.96. The molecule has 0 amide bonds. The van der Waals surface area contributed by atoms with Crippen LogP contribution in [0.2, 0.25) is 0 Å². The van der Waals surface area contributed by atoms with E-state index in [4.69, 9.17) is 0 Å². The van der Waals surface area contributed by atoms with Gasteiger partial charge >= 0.3 is 0 Å². The zero-order chi connectivity index (χ0) is 15.8. The van der Waals surface area contributed by atoms with Crippen LogP contribution in [0.15, 0.2) is 11.6 Å². The van der Waals surface area contributed by atoms with Crippen molar-refractivity contribution in [1.29, 1.82) is 0 Å². The predicted octanol–water partition coefficient (Wildman–Crippen LogP) is 5.34. The summed E-state index contributed by atoms with van der Waals surface area (Å²) in [6.45, 7) is 9.92. The standard InChI is InChI=1S/C21H34O/c1-14-7-12-21(4)17-9-11-20(3)16(5-6-18(20)22)15(17)8-10-19(21,2)13-14/h7,15-18,22H,5-6,8-13H2,1-4H3/t15-,16-,17-,18+,19-,20-,21+/m0/s1. The summed E-state index contributed by atoms with van der Waals surface area (Å²) in [7, 11) is 0. The molecule has 0 aromatic heterocycles. The Kier molecular flexibility index (Phi) is 3.20. The smallest absolute Gasteiger partial charge is 0.0596 e. The van der Waals surface area contributed by atoms with Crippen molar-refractivity contribution in [2.45, 2.75) is 85.2 Å². The van der Waals surface area contributed by atoms with Crippen molar-refractivity contribution in [3.8, 4) is 0 Å². The molecule has 0 spiro atoms. The summed E-state index contributed by atoms with van der Waals surface area (Å²) in [4.78, 5) is 0. The average molecular weight is 303 g/mol. The van der Waals surface area contributed by atoms with Crippen LogP contribution in [-0.4, -0.2) is 11.2 Å². The normalized spacial score (nSPS) is 57.6. The molecule has 1 nitrogen and oxygen atoms in total. The molecule has 4 rings (SSSR count). The fraction of sp³-hybridized carbons (Fsp3) is 0.905. The molecule has 0 heterocycles. The molecule has 0 bridgehead atoms. The molecule has 1 heteroatoms. The largest absolute Gasteiger partial charge is 0.393 e. The Labute approximate surface area is 136 Å². The molecule has 0 saturated heterocycles. The maximum atomic E-state index is 10.5. The molecule has 4 aliphatic carbocycles. The number of hydrogen-bond acceptors (Lipinski definition) is 1. The molecule has 3 saturated carbocycles. The first kappa shape index (κ1) is 15.2. The van der Waals surface area contributed by atoms with Crippen LogP contribution in [0.1, 0.15) is 79.1 Å². The van der Waals surface area contributed by atoms with Crippen molar-refractivity contribution >= 4 is 0 Å². The van der Waals surface area contributed by atoms with Gasteiger partial charge in [0.2, 0.25) is 0 Å². The number of fused-ring (bicyclic) bond motifs is 5. The second-order valence-electron chi connectivity index (χ2n) is 9.96. The Morgan fingerprint density at radius 3 is 2.55 bits per heavy atom. The molecule has 0 aromatic carbocycles. The van der Waals surface area contributed by atoms with Crippen LogP contribution in [0.4, 0.5) is 0 Å². The molecule has 0 unspecified atom stereocenters. The predicted molar refractivity (Wildman–Crippen MR) is 91.5 cm³/mol. The van der Waals surface area contributed by atoms with Gasteiger partial charge in [0.1, 0.15) is 0 Å². The number of hydrogen-bond donors (Lipinski definition) is 1. The van der Waals surface area contributed by atoms with Gasteiger partial charge in [-0.2, -0.15) is 0 Å². The van der Waals surface area contributed by atoms with Gasteiger partial charge in [-0.15, -0.1) is 0 Å². The SMILES string of the molecule is CC1=CC[C@]2(C)[C@H]3CC[C@]4(C)[C@H](O)CC[C@H]4[C@@H]3CC[C@@]2(C)C1. The minimum atomic E-state index is -0.0342. The highest BCUT2D eigenvalue weighted by atomic mass is 16.3. The Hall–Kier alpha value is -0.300. The molecule has 3 fully saturated rings. The van der Waals surface area contributed by atoms with E-state index in [-0.39, 0.29) is 11.5 Å². The number of rotatable bonds is 0. The maximum absolute atomic E-state index is 10.5. The lowest BCUT2D eigenvalue weighted by Gasteiger charge is -2.64. The van der Waals surface area contributed by atoms with E-state index >= 15 is 0 Å². The average Bonchev–Trinajstić information content (AvgIpc) is 2.76. The summed E-state index contributed by atoms with van der Waals surface area (Å²) in [5.41, 5.74) is 2.85. The summed E-state index contributed by atoms with van der Waals surface area (Å²) in [5.74, 6) is 2.55. The first-order chi connectivity index (χ1) is 10.3. The molecule has 1 N–H and O–H groups in total. The van der Waals surface area contributed by atoms with Gasteiger partial charge in [0.15, 0.2) is 0 Å². The van der Waals surface area contributed by atoms with Crippen LogP contribution in [0.5, 0.6) is 0 Å². The number of aliphatic hydroxyl groups excluding tert-OH is 1. The summed E-state index contributed by atoms with van der Waals surface area (Å²) >= 11 is 0. The monoisotopic (exact) mass is 302 g/mol. The van der Waals surface area contributed by atoms with E-state index in [9.17, 15) is 5.11 Å². The highest BCUT2D eigenvalue weighted by Gasteiger charge is 2.62. The molecule has 0 aromatic rings. The van der Waals surface area contributed by atoms with Gasteiger partial charge in [0, 0.05) is 0 Å². The third-order valence-electron chi connectivity index (χ3n) is 9.16. The lowest BCUT2D eigenvalue weighted by molar-refractivity contribution is -0.142. The first-order valence-electron chi connectivity index (χ1n) is 9.64. The molecule has 4 aliphatic rings. The van der Waals surface area contributed by atoms with E-state index < -0.39 is 0 Å². The van der Waals surface area contributed by atoms with Crippen molar-refractivity contribution in [3.05, 3.63) is 11.6 Å². The number of aliphatic hydroxyl groups is 1. The van der Waals surface area contributed by atoms with Crippen molar-refractivity contribution in [1.82, 2.24) is 0 Å². The fourth-order valence-electron chi connectivity index (χ4n) is 7.43. The zero-order valence-electron chi connectivity index (χ0n) is 15.0. The van der Waals surface area contributed by atoms with Crippen LogP contribution in [0.3, 0.4) is 0 Å². The van der Waals surface area contributed by atoms with Crippen LogP contribution in [0.25, 0.3) is 0 Å². The quantitative estimate of drug-likeness (QED) is 0.599. The topological polar surface area (TPSA) is 20.2 Å².